The summed E-state index contributed by atoms with van der Waals surface area (Å²) in [5.74, 6) is -1.05. The Morgan fingerprint density at radius 3 is 2.59 bits per heavy atom. The number of nitrogens with zero attached hydrogens (tertiary/aromatic N) is 5. The van der Waals surface area contributed by atoms with Gasteiger partial charge >= 0.3 is 6.18 Å². The molecule has 0 saturated heterocycles. The predicted octanol–water partition coefficient (Wildman–Crippen LogP) is 4.28. The highest BCUT2D eigenvalue weighted by molar-refractivity contribution is 7.89. The second kappa shape index (κ2) is 9.03. The summed E-state index contributed by atoms with van der Waals surface area (Å²) in [6, 6.07) is 7.99. The summed E-state index contributed by atoms with van der Waals surface area (Å²) in [7, 11) is -0.503. The van der Waals surface area contributed by atoms with Gasteiger partial charge in [0.05, 0.1) is 18.0 Å². The van der Waals surface area contributed by atoms with E-state index in [0.717, 1.165) is 50.0 Å². The SMILES string of the molecule is CCc1cc(C2=CCN(S(=O)(=O)CC(F)(F)F)CC2)ccc1N(C)c1cc2c(cn1)ncn2C. The van der Waals surface area contributed by atoms with E-state index in [0.29, 0.717) is 6.42 Å². The summed E-state index contributed by atoms with van der Waals surface area (Å²) in [6.45, 7) is 2.02. The molecule has 0 N–H and O–H groups in total. The first-order chi connectivity index (χ1) is 16.0. The van der Waals surface area contributed by atoms with Crippen molar-refractivity contribution < 1.29 is 21.6 Å². The van der Waals surface area contributed by atoms with Crippen LogP contribution in [-0.2, 0) is 23.5 Å². The van der Waals surface area contributed by atoms with Crippen LogP contribution in [0.15, 0.2) is 42.9 Å². The zero-order valence-electron chi connectivity index (χ0n) is 19.2. The van der Waals surface area contributed by atoms with Crippen LogP contribution in [0.3, 0.4) is 0 Å². The first-order valence-corrected chi connectivity index (χ1v) is 12.5. The average Bonchev–Trinajstić information content (AvgIpc) is 3.17. The largest absolute Gasteiger partial charge is 0.404 e. The van der Waals surface area contributed by atoms with Crippen LogP contribution in [0.25, 0.3) is 16.6 Å². The molecular weight excluding hydrogens is 467 g/mol. The number of benzene rings is 1. The molecule has 1 aliphatic heterocycles. The number of aryl methyl sites for hydroxylation is 2. The summed E-state index contributed by atoms with van der Waals surface area (Å²) >= 11 is 0. The van der Waals surface area contributed by atoms with Crippen LogP contribution in [0.2, 0.25) is 0 Å². The standard InChI is InChI=1S/C23H26F3N5O2S/c1-4-16-11-18(17-7-9-31(10-8-17)34(32,33)14-23(24,25)26)5-6-20(16)30(3)22-12-21-19(13-27-22)28-15-29(21)2/h5-7,11-13,15H,4,8-10,14H2,1-3H3. The van der Waals surface area contributed by atoms with Crippen LogP contribution >= 0.6 is 0 Å². The lowest BCUT2D eigenvalue weighted by Gasteiger charge is -2.27. The van der Waals surface area contributed by atoms with Gasteiger partial charge in [0.2, 0.25) is 10.0 Å². The first kappa shape index (κ1) is 24.2. The number of rotatable bonds is 6. The molecule has 0 saturated carbocycles. The van der Waals surface area contributed by atoms with Crippen LogP contribution in [0, 0.1) is 0 Å². The van der Waals surface area contributed by atoms with Crippen molar-refractivity contribution in [3.63, 3.8) is 0 Å². The van der Waals surface area contributed by atoms with Gasteiger partial charge in [0.15, 0.2) is 5.75 Å². The molecule has 182 valence electrons. The van der Waals surface area contributed by atoms with Gasteiger partial charge < -0.3 is 9.47 Å². The van der Waals surface area contributed by atoms with Gasteiger partial charge in [-0.15, -0.1) is 0 Å². The van der Waals surface area contributed by atoms with Gasteiger partial charge in [-0.2, -0.15) is 17.5 Å². The van der Waals surface area contributed by atoms with Gasteiger partial charge in [-0.1, -0.05) is 19.1 Å². The molecule has 0 unspecified atom stereocenters. The molecule has 0 aliphatic carbocycles. The molecular formula is C23H26F3N5O2S. The van der Waals surface area contributed by atoms with E-state index < -0.39 is 22.0 Å². The molecule has 3 aromatic rings. The van der Waals surface area contributed by atoms with E-state index in [9.17, 15) is 21.6 Å². The highest BCUT2D eigenvalue weighted by atomic mass is 32.2. The minimum atomic E-state index is -4.75. The fourth-order valence-electron chi connectivity index (χ4n) is 4.19. The Labute approximate surface area is 196 Å². The number of sulfonamides is 1. The number of halogens is 3. The molecule has 0 bridgehead atoms. The first-order valence-electron chi connectivity index (χ1n) is 10.9. The van der Waals surface area contributed by atoms with Crippen molar-refractivity contribution in [2.45, 2.75) is 25.9 Å². The molecule has 1 aromatic carbocycles. The molecule has 11 heteroatoms. The smallest absolute Gasteiger partial charge is 0.334 e. The number of aromatic nitrogens is 3. The maximum Gasteiger partial charge on any atom is 0.404 e. The predicted molar refractivity (Wildman–Crippen MR) is 126 cm³/mol. The van der Waals surface area contributed by atoms with Crippen molar-refractivity contribution in [2.24, 2.45) is 7.05 Å². The summed E-state index contributed by atoms with van der Waals surface area (Å²) in [6.07, 6.45) is 1.56. The third-order valence-corrected chi connectivity index (χ3v) is 7.86. The monoisotopic (exact) mass is 493 g/mol. The molecule has 0 atom stereocenters. The van der Waals surface area contributed by atoms with Crippen LogP contribution in [0.4, 0.5) is 24.7 Å². The fraction of sp³-hybridized carbons (Fsp3) is 0.391. The van der Waals surface area contributed by atoms with Gasteiger partial charge in [-0.05, 0) is 41.7 Å². The van der Waals surface area contributed by atoms with E-state index in [2.05, 4.69) is 23.0 Å². The molecule has 1 aliphatic rings. The fourth-order valence-corrected chi connectivity index (χ4v) is 5.45. The van der Waals surface area contributed by atoms with Crippen LogP contribution in [-0.4, -0.2) is 59.3 Å². The Morgan fingerprint density at radius 1 is 1.18 bits per heavy atom. The lowest BCUT2D eigenvalue weighted by Crippen LogP contribution is -2.40. The number of pyridine rings is 1. The highest BCUT2D eigenvalue weighted by Crippen LogP contribution is 2.32. The summed E-state index contributed by atoms with van der Waals surface area (Å²) in [5.41, 5.74) is 5.74. The number of hydrogen-bond donors (Lipinski definition) is 0. The number of alkyl halides is 3. The number of anilines is 2. The van der Waals surface area contributed by atoms with Gasteiger partial charge in [0, 0.05) is 38.9 Å². The normalized spacial score (nSPS) is 15.5. The van der Waals surface area contributed by atoms with E-state index in [-0.39, 0.29) is 13.1 Å². The van der Waals surface area contributed by atoms with Crippen LogP contribution in [0.1, 0.15) is 24.5 Å². The Kier molecular flexibility index (Phi) is 6.43. The summed E-state index contributed by atoms with van der Waals surface area (Å²) in [5, 5.41) is 0. The molecule has 4 rings (SSSR count). The average molecular weight is 494 g/mol. The Bertz CT molecular complexity index is 1350. The van der Waals surface area contributed by atoms with Crippen molar-refractivity contribution in [1.29, 1.82) is 0 Å². The number of imidazole rings is 1. The van der Waals surface area contributed by atoms with Gasteiger partial charge in [-0.3, -0.25) is 0 Å². The Balaban J connectivity index is 1.56. The van der Waals surface area contributed by atoms with E-state index in [4.69, 9.17) is 0 Å². The third kappa shape index (κ3) is 4.95. The van der Waals surface area contributed by atoms with Crippen LogP contribution < -0.4 is 4.90 Å². The molecule has 0 spiro atoms. The molecule has 0 radical (unpaired) electrons. The van der Waals surface area contributed by atoms with Gasteiger partial charge in [-0.25, -0.2) is 18.4 Å². The Morgan fingerprint density at radius 2 is 1.94 bits per heavy atom. The minimum Gasteiger partial charge on any atom is -0.334 e. The topological polar surface area (TPSA) is 71.3 Å². The lowest BCUT2D eigenvalue weighted by atomic mass is 9.96. The zero-order valence-corrected chi connectivity index (χ0v) is 20.0. The van der Waals surface area contributed by atoms with Gasteiger partial charge in [0.25, 0.3) is 0 Å². The van der Waals surface area contributed by atoms with Crippen molar-refractivity contribution in [3.05, 3.63) is 54.0 Å². The minimum absolute atomic E-state index is 0.0298. The molecule has 2 aromatic heterocycles. The maximum atomic E-state index is 12.6. The molecule has 3 heterocycles. The second-order valence-electron chi connectivity index (χ2n) is 8.35. The lowest BCUT2D eigenvalue weighted by molar-refractivity contribution is -0.107. The third-order valence-electron chi connectivity index (χ3n) is 6.04. The van der Waals surface area contributed by atoms with E-state index >= 15 is 0 Å². The maximum absolute atomic E-state index is 12.6. The molecule has 34 heavy (non-hydrogen) atoms. The van der Waals surface area contributed by atoms with E-state index in [1.807, 2.05) is 41.8 Å². The van der Waals surface area contributed by atoms with Crippen LogP contribution in [0.5, 0.6) is 0 Å². The van der Waals surface area contributed by atoms with Gasteiger partial charge in [0.1, 0.15) is 11.3 Å². The quantitative estimate of drug-likeness (QED) is 0.513. The highest BCUT2D eigenvalue weighted by Gasteiger charge is 2.38. The van der Waals surface area contributed by atoms with Crippen molar-refractivity contribution >= 4 is 38.1 Å². The second-order valence-corrected chi connectivity index (χ2v) is 10.3. The summed E-state index contributed by atoms with van der Waals surface area (Å²) < 4.78 is 64.7. The Hall–Kier alpha value is -2.92. The van der Waals surface area contributed by atoms with E-state index in [1.54, 1.807) is 18.6 Å². The summed E-state index contributed by atoms with van der Waals surface area (Å²) in [4.78, 5) is 10.9. The van der Waals surface area contributed by atoms with E-state index in [1.165, 1.54) is 0 Å². The molecule has 0 fully saturated rings. The molecule has 0 amide bonds. The van der Waals surface area contributed by atoms with Crippen molar-refractivity contribution in [1.82, 2.24) is 18.8 Å². The van der Waals surface area contributed by atoms with Crippen molar-refractivity contribution in [2.75, 3.05) is 30.8 Å². The number of hydrogen-bond acceptors (Lipinski definition) is 5. The molecule has 7 nitrogen and oxygen atoms in total. The van der Waals surface area contributed by atoms with Crippen molar-refractivity contribution in [3.8, 4) is 0 Å². The zero-order chi connectivity index (χ0) is 24.7. The number of fused-ring (bicyclic) bond motifs is 1.